The van der Waals surface area contributed by atoms with Crippen molar-refractivity contribution in [2.75, 3.05) is 26.2 Å². The predicted octanol–water partition coefficient (Wildman–Crippen LogP) is 3.58. The van der Waals surface area contributed by atoms with Crippen LogP contribution in [-0.2, 0) is 6.54 Å². The van der Waals surface area contributed by atoms with Crippen LogP contribution in [0.15, 0.2) is 59.1 Å². The SMILES string of the molecule is Cc1ccc(C(=O)N2CCN(C(=O)NCc3ccc(Oc4ccc(F)cc4)nc3)CC2)o1. The van der Waals surface area contributed by atoms with Crippen molar-refractivity contribution >= 4 is 11.9 Å². The number of halogens is 1. The number of aromatic nitrogens is 1. The average Bonchev–Trinajstić information content (AvgIpc) is 3.26. The number of nitrogens with one attached hydrogen (secondary N) is 1. The first-order valence-corrected chi connectivity index (χ1v) is 10.2. The molecule has 166 valence electrons. The van der Waals surface area contributed by atoms with Gasteiger partial charge in [-0.3, -0.25) is 4.79 Å². The zero-order valence-corrected chi connectivity index (χ0v) is 17.6. The van der Waals surface area contributed by atoms with Gasteiger partial charge in [0.1, 0.15) is 17.3 Å². The molecule has 1 fully saturated rings. The summed E-state index contributed by atoms with van der Waals surface area (Å²) < 4.78 is 23.9. The van der Waals surface area contributed by atoms with Crippen LogP contribution in [0, 0.1) is 12.7 Å². The summed E-state index contributed by atoms with van der Waals surface area (Å²) in [5.74, 6) is 1.37. The molecular weight excluding hydrogens is 415 g/mol. The van der Waals surface area contributed by atoms with E-state index in [1.807, 2.05) is 0 Å². The van der Waals surface area contributed by atoms with E-state index < -0.39 is 0 Å². The summed E-state index contributed by atoms with van der Waals surface area (Å²) in [6.07, 6.45) is 1.61. The van der Waals surface area contributed by atoms with E-state index in [9.17, 15) is 14.0 Å². The number of pyridine rings is 1. The molecule has 3 heterocycles. The van der Waals surface area contributed by atoms with Gasteiger partial charge in [0.05, 0.1) is 0 Å². The Morgan fingerprint density at radius 2 is 1.75 bits per heavy atom. The molecule has 2 aromatic heterocycles. The average molecular weight is 438 g/mol. The van der Waals surface area contributed by atoms with Crippen LogP contribution in [0.1, 0.15) is 21.9 Å². The van der Waals surface area contributed by atoms with Crippen molar-refractivity contribution in [3.63, 3.8) is 0 Å². The first-order valence-electron chi connectivity index (χ1n) is 10.2. The quantitative estimate of drug-likeness (QED) is 0.658. The number of aryl methyl sites for hydroxylation is 1. The number of amides is 3. The molecule has 0 radical (unpaired) electrons. The van der Waals surface area contributed by atoms with E-state index in [2.05, 4.69) is 10.3 Å². The fraction of sp³-hybridized carbons (Fsp3) is 0.261. The molecule has 9 heteroatoms. The van der Waals surface area contributed by atoms with Crippen LogP contribution in [0.2, 0.25) is 0 Å². The lowest BCUT2D eigenvalue weighted by molar-refractivity contribution is 0.0632. The molecule has 0 bridgehead atoms. The van der Waals surface area contributed by atoms with Crippen LogP contribution < -0.4 is 10.1 Å². The number of rotatable bonds is 5. The van der Waals surface area contributed by atoms with E-state index in [1.54, 1.807) is 47.2 Å². The Morgan fingerprint density at radius 1 is 1.03 bits per heavy atom. The van der Waals surface area contributed by atoms with Crippen LogP contribution in [0.5, 0.6) is 11.6 Å². The fourth-order valence-electron chi connectivity index (χ4n) is 3.31. The number of carbonyl (C=O) groups excluding carboxylic acids is 2. The van der Waals surface area contributed by atoms with Crippen LogP contribution in [0.3, 0.4) is 0 Å². The molecule has 8 nitrogen and oxygen atoms in total. The van der Waals surface area contributed by atoms with Gasteiger partial charge < -0.3 is 24.3 Å². The number of hydrogen-bond acceptors (Lipinski definition) is 5. The largest absolute Gasteiger partial charge is 0.456 e. The lowest BCUT2D eigenvalue weighted by Crippen LogP contribution is -2.53. The molecule has 1 saturated heterocycles. The molecule has 32 heavy (non-hydrogen) atoms. The second-order valence-electron chi connectivity index (χ2n) is 7.41. The maximum Gasteiger partial charge on any atom is 0.317 e. The lowest BCUT2D eigenvalue weighted by Gasteiger charge is -2.34. The number of benzene rings is 1. The van der Waals surface area contributed by atoms with Gasteiger partial charge in [-0.1, -0.05) is 6.07 Å². The Labute approximate surface area is 184 Å². The maximum absolute atomic E-state index is 13.0. The third-order valence-electron chi connectivity index (χ3n) is 5.08. The Kier molecular flexibility index (Phi) is 6.34. The first-order chi connectivity index (χ1) is 15.5. The predicted molar refractivity (Wildman–Crippen MR) is 114 cm³/mol. The van der Waals surface area contributed by atoms with Crippen molar-refractivity contribution in [3.05, 3.63) is 77.6 Å². The highest BCUT2D eigenvalue weighted by Crippen LogP contribution is 2.19. The van der Waals surface area contributed by atoms with Gasteiger partial charge >= 0.3 is 6.03 Å². The maximum atomic E-state index is 13.0. The summed E-state index contributed by atoms with van der Waals surface area (Å²) >= 11 is 0. The van der Waals surface area contributed by atoms with Crippen molar-refractivity contribution in [1.29, 1.82) is 0 Å². The topological polar surface area (TPSA) is 87.9 Å². The van der Waals surface area contributed by atoms with E-state index in [1.165, 1.54) is 24.3 Å². The Hall–Kier alpha value is -3.88. The molecule has 4 rings (SSSR count). The highest BCUT2D eigenvalue weighted by atomic mass is 19.1. The zero-order valence-electron chi connectivity index (χ0n) is 17.6. The van der Waals surface area contributed by atoms with Crippen LogP contribution in [0.4, 0.5) is 9.18 Å². The van der Waals surface area contributed by atoms with Crippen molar-refractivity contribution in [1.82, 2.24) is 20.1 Å². The lowest BCUT2D eigenvalue weighted by atomic mass is 10.2. The van der Waals surface area contributed by atoms with Gasteiger partial charge in [0.2, 0.25) is 5.88 Å². The van der Waals surface area contributed by atoms with E-state index in [0.29, 0.717) is 55.9 Å². The van der Waals surface area contributed by atoms with Gasteiger partial charge in [-0.15, -0.1) is 0 Å². The standard InChI is InChI=1S/C23H23FN4O4/c1-16-2-8-20(31-16)22(29)27-10-12-28(13-11-27)23(30)26-15-17-3-9-21(25-14-17)32-19-6-4-18(24)5-7-19/h2-9,14H,10-13,15H2,1H3,(H,26,30). The highest BCUT2D eigenvalue weighted by Gasteiger charge is 2.26. The molecule has 0 saturated carbocycles. The van der Waals surface area contributed by atoms with Crippen LogP contribution in [-0.4, -0.2) is 52.9 Å². The molecule has 0 aliphatic carbocycles. The first kappa shape index (κ1) is 21.4. The van der Waals surface area contributed by atoms with E-state index in [0.717, 1.165) is 5.56 Å². The van der Waals surface area contributed by atoms with Gasteiger partial charge in [0.15, 0.2) is 5.76 Å². The minimum Gasteiger partial charge on any atom is -0.456 e. The Bertz CT molecular complexity index is 1070. The molecule has 1 N–H and O–H groups in total. The smallest absolute Gasteiger partial charge is 0.317 e. The Balaban J connectivity index is 1.22. The second-order valence-corrected chi connectivity index (χ2v) is 7.41. The highest BCUT2D eigenvalue weighted by molar-refractivity contribution is 5.91. The number of urea groups is 1. The summed E-state index contributed by atoms with van der Waals surface area (Å²) in [6.45, 7) is 3.89. The summed E-state index contributed by atoms with van der Waals surface area (Å²) in [5.41, 5.74) is 0.812. The summed E-state index contributed by atoms with van der Waals surface area (Å²) in [4.78, 5) is 32.5. The number of piperazine rings is 1. The van der Waals surface area contributed by atoms with E-state index in [-0.39, 0.29) is 17.8 Å². The van der Waals surface area contributed by atoms with E-state index in [4.69, 9.17) is 9.15 Å². The van der Waals surface area contributed by atoms with Crippen LogP contribution >= 0.6 is 0 Å². The number of nitrogens with zero attached hydrogens (tertiary/aromatic N) is 3. The molecule has 3 amide bonds. The van der Waals surface area contributed by atoms with E-state index >= 15 is 0 Å². The molecule has 1 aromatic carbocycles. The van der Waals surface area contributed by atoms with Crippen molar-refractivity contribution in [2.45, 2.75) is 13.5 Å². The third kappa shape index (κ3) is 5.23. The van der Waals surface area contributed by atoms with Gasteiger partial charge in [-0.05, 0) is 48.9 Å². The molecule has 1 aliphatic rings. The molecule has 1 aliphatic heterocycles. The summed E-state index contributed by atoms with van der Waals surface area (Å²) in [5, 5.41) is 2.87. The zero-order chi connectivity index (χ0) is 22.5. The van der Waals surface area contributed by atoms with Crippen molar-refractivity contribution in [2.24, 2.45) is 0 Å². The molecule has 0 atom stereocenters. The number of hydrogen-bond donors (Lipinski definition) is 1. The van der Waals surface area contributed by atoms with Crippen molar-refractivity contribution < 1.29 is 23.1 Å². The van der Waals surface area contributed by atoms with Crippen molar-refractivity contribution in [3.8, 4) is 11.6 Å². The number of furan rings is 1. The summed E-state index contributed by atoms with van der Waals surface area (Å²) in [7, 11) is 0. The fourth-order valence-corrected chi connectivity index (χ4v) is 3.31. The van der Waals surface area contributed by atoms with Gasteiger partial charge in [-0.25, -0.2) is 14.2 Å². The minimum atomic E-state index is -0.336. The monoisotopic (exact) mass is 438 g/mol. The van der Waals surface area contributed by atoms with Gasteiger partial charge in [0, 0.05) is 45.0 Å². The van der Waals surface area contributed by atoms with Gasteiger partial charge in [-0.2, -0.15) is 0 Å². The third-order valence-corrected chi connectivity index (χ3v) is 5.08. The number of ether oxygens (including phenoxy) is 1. The summed E-state index contributed by atoms with van der Waals surface area (Å²) in [6, 6.07) is 12.4. The minimum absolute atomic E-state index is 0.160. The molecule has 0 unspecified atom stereocenters. The molecule has 3 aromatic rings. The molecule has 0 spiro atoms. The Morgan fingerprint density at radius 3 is 2.38 bits per heavy atom. The van der Waals surface area contributed by atoms with Crippen LogP contribution in [0.25, 0.3) is 0 Å². The second kappa shape index (κ2) is 9.51. The molecular formula is C23H23FN4O4. The van der Waals surface area contributed by atoms with Gasteiger partial charge in [0.25, 0.3) is 5.91 Å². The number of carbonyl (C=O) groups is 2. The normalized spacial score (nSPS) is 13.7.